The lowest BCUT2D eigenvalue weighted by molar-refractivity contribution is -0.102. The minimum atomic E-state index is 0.114. The molecule has 0 saturated heterocycles. The van der Waals surface area contributed by atoms with Crippen molar-refractivity contribution >= 4 is 40.1 Å². The summed E-state index contributed by atoms with van der Waals surface area (Å²) >= 11 is 6.59. The fourth-order valence-corrected chi connectivity index (χ4v) is 1.31. The number of aldehydes is 1. The van der Waals surface area contributed by atoms with Gasteiger partial charge in [0.2, 0.25) is 0 Å². The van der Waals surface area contributed by atoms with E-state index in [4.69, 9.17) is 22.2 Å². The second-order valence-electron chi connectivity index (χ2n) is 2.19. The second-order valence-corrected chi connectivity index (χ2v) is 3.46. The van der Waals surface area contributed by atoms with Crippen LogP contribution in [0, 0.1) is 0 Å². The van der Waals surface area contributed by atoms with Gasteiger partial charge in [0.05, 0.1) is 5.88 Å². The number of nitrogens with two attached hydrogens (primary N) is 1. The van der Waals surface area contributed by atoms with Gasteiger partial charge in [-0.2, -0.15) is 0 Å². The van der Waals surface area contributed by atoms with Gasteiger partial charge in [-0.3, -0.25) is 4.79 Å². The number of nitrogens with zero attached hydrogens (tertiary/aromatic N) is 2. The molecule has 0 fully saturated rings. The Morgan fingerprint density at radius 2 is 2.64 bits per heavy atom. The standard InChI is InChI=1S/C7H8ClN3O2S/c8-1-2-13-11-5(3-12)6-4-14-7(9)10-6/h3-4H,1-2H2,(H2,9,10)/b11-5+. The Morgan fingerprint density at radius 3 is 3.14 bits per heavy atom. The third kappa shape index (κ3) is 2.97. The Labute approximate surface area is 89.5 Å². The molecular weight excluding hydrogens is 226 g/mol. The highest BCUT2D eigenvalue weighted by atomic mass is 35.5. The molecule has 0 aliphatic heterocycles. The molecule has 0 saturated carbocycles. The molecule has 2 N–H and O–H groups in total. The number of anilines is 1. The van der Waals surface area contributed by atoms with E-state index in [0.29, 0.717) is 23.0 Å². The van der Waals surface area contributed by atoms with E-state index < -0.39 is 0 Å². The maximum Gasteiger partial charge on any atom is 0.180 e. The third-order valence-corrected chi connectivity index (χ3v) is 2.06. The lowest BCUT2D eigenvalue weighted by atomic mass is 10.3. The van der Waals surface area contributed by atoms with Crippen LogP contribution in [-0.2, 0) is 9.63 Å². The quantitative estimate of drug-likeness (QED) is 0.269. The van der Waals surface area contributed by atoms with Gasteiger partial charge in [0.1, 0.15) is 12.3 Å². The fraction of sp³-hybridized carbons (Fsp3) is 0.286. The van der Waals surface area contributed by atoms with E-state index in [0.717, 1.165) is 0 Å². The van der Waals surface area contributed by atoms with E-state index in [1.807, 2.05) is 0 Å². The van der Waals surface area contributed by atoms with E-state index in [2.05, 4.69) is 10.1 Å². The Morgan fingerprint density at radius 1 is 1.86 bits per heavy atom. The van der Waals surface area contributed by atoms with Gasteiger partial charge in [-0.15, -0.1) is 22.9 Å². The lowest BCUT2D eigenvalue weighted by Crippen LogP contribution is -2.05. The number of nitrogen functional groups attached to an aromatic ring is 1. The van der Waals surface area contributed by atoms with Gasteiger partial charge in [0.15, 0.2) is 17.1 Å². The van der Waals surface area contributed by atoms with Gasteiger partial charge in [-0.05, 0) is 0 Å². The minimum Gasteiger partial charge on any atom is -0.394 e. The molecule has 1 aromatic rings. The molecule has 0 aliphatic rings. The molecule has 1 heterocycles. The number of hydrogen-bond acceptors (Lipinski definition) is 6. The van der Waals surface area contributed by atoms with Crippen LogP contribution in [0.15, 0.2) is 10.5 Å². The molecule has 0 unspecified atom stereocenters. The number of alkyl halides is 1. The van der Waals surface area contributed by atoms with E-state index in [1.165, 1.54) is 11.3 Å². The van der Waals surface area contributed by atoms with Crippen molar-refractivity contribution < 1.29 is 9.63 Å². The normalized spacial score (nSPS) is 11.4. The van der Waals surface area contributed by atoms with Gasteiger partial charge in [-0.1, -0.05) is 5.16 Å². The average molecular weight is 234 g/mol. The van der Waals surface area contributed by atoms with Crippen molar-refractivity contribution in [3.05, 3.63) is 11.1 Å². The van der Waals surface area contributed by atoms with Crippen molar-refractivity contribution in [2.24, 2.45) is 5.16 Å². The summed E-state index contributed by atoms with van der Waals surface area (Å²) in [5, 5.41) is 5.58. The van der Waals surface area contributed by atoms with Crippen LogP contribution in [0.1, 0.15) is 5.69 Å². The SMILES string of the molecule is Nc1nc(/C(C=O)=N/OCCCl)cs1. The van der Waals surface area contributed by atoms with Crippen molar-refractivity contribution in [1.82, 2.24) is 4.98 Å². The monoisotopic (exact) mass is 233 g/mol. The summed E-state index contributed by atoms with van der Waals surface area (Å²) in [6.45, 7) is 0.249. The number of hydrogen-bond donors (Lipinski definition) is 1. The molecule has 0 bridgehead atoms. The first-order chi connectivity index (χ1) is 6.77. The van der Waals surface area contributed by atoms with Gasteiger partial charge in [0.25, 0.3) is 0 Å². The zero-order chi connectivity index (χ0) is 10.4. The average Bonchev–Trinajstić information content (AvgIpc) is 2.60. The van der Waals surface area contributed by atoms with Gasteiger partial charge in [-0.25, -0.2) is 4.98 Å². The molecule has 5 nitrogen and oxygen atoms in total. The Balaban J connectivity index is 2.71. The molecule has 7 heteroatoms. The highest BCUT2D eigenvalue weighted by Gasteiger charge is 2.07. The maximum atomic E-state index is 10.6. The van der Waals surface area contributed by atoms with Crippen molar-refractivity contribution in [1.29, 1.82) is 0 Å². The largest absolute Gasteiger partial charge is 0.394 e. The van der Waals surface area contributed by atoms with Crippen molar-refractivity contribution in [3.8, 4) is 0 Å². The maximum absolute atomic E-state index is 10.6. The number of aromatic nitrogens is 1. The summed E-state index contributed by atoms with van der Waals surface area (Å²) in [5.74, 6) is 0.314. The van der Waals surface area contributed by atoms with Crippen LogP contribution in [0.3, 0.4) is 0 Å². The summed E-state index contributed by atoms with van der Waals surface area (Å²) in [4.78, 5) is 19.2. The summed E-state index contributed by atoms with van der Waals surface area (Å²) < 4.78 is 0. The molecule has 1 aromatic heterocycles. The highest BCUT2D eigenvalue weighted by molar-refractivity contribution is 7.13. The topological polar surface area (TPSA) is 77.6 Å². The second kappa shape index (κ2) is 5.56. The van der Waals surface area contributed by atoms with Crippen LogP contribution in [0.4, 0.5) is 5.13 Å². The van der Waals surface area contributed by atoms with Crippen LogP contribution < -0.4 is 5.73 Å². The van der Waals surface area contributed by atoms with Crippen molar-refractivity contribution in [2.45, 2.75) is 0 Å². The number of carbonyl (C=O) groups excluding carboxylic acids is 1. The van der Waals surface area contributed by atoms with E-state index in [1.54, 1.807) is 5.38 Å². The Kier molecular flexibility index (Phi) is 4.34. The molecule has 0 atom stereocenters. The Bertz CT molecular complexity index is 339. The number of halogens is 1. The molecule has 0 radical (unpaired) electrons. The molecule has 1 rings (SSSR count). The first-order valence-corrected chi connectivity index (χ1v) is 5.12. The van der Waals surface area contributed by atoms with E-state index in [-0.39, 0.29) is 12.3 Å². The van der Waals surface area contributed by atoms with Crippen molar-refractivity contribution in [3.63, 3.8) is 0 Å². The Hall–Kier alpha value is -1.14. The zero-order valence-corrected chi connectivity index (χ0v) is 8.72. The fourth-order valence-electron chi connectivity index (χ4n) is 0.684. The van der Waals surface area contributed by atoms with Crippen LogP contribution in [0.2, 0.25) is 0 Å². The number of thiazole rings is 1. The van der Waals surface area contributed by atoms with Crippen LogP contribution in [-0.4, -0.2) is 29.5 Å². The molecule has 0 spiro atoms. The smallest absolute Gasteiger partial charge is 0.180 e. The van der Waals surface area contributed by atoms with Gasteiger partial charge in [0, 0.05) is 5.38 Å². The molecule has 0 aromatic carbocycles. The predicted molar refractivity (Wildman–Crippen MR) is 55.8 cm³/mol. The van der Waals surface area contributed by atoms with Crippen molar-refractivity contribution in [2.75, 3.05) is 18.2 Å². The first kappa shape index (κ1) is 10.9. The highest BCUT2D eigenvalue weighted by Crippen LogP contribution is 2.11. The minimum absolute atomic E-state index is 0.114. The third-order valence-electron chi connectivity index (χ3n) is 1.23. The van der Waals surface area contributed by atoms with Crippen LogP contribution in [0.25, 0.3) is 0 Å². The summed E-state index contributed by atoms with van der Waals surface area (Å²) in [6.07, 6.45) is 0.558. The summed E-state index contributed by atoms with van der Waals surface area (Å²) in [5.41, 5.74) is 5.93. The zero-order valence-electron chi connectivity index (χ0n) is 7.14. The molecule has 14 heavy (non-hydrogen) atoms. The molecule has 0 aliphatic carbocycles. The van der Waals surface area contributed by atoms with Crippen LogP contribution in [0.5, 0.6) is 0 Å². The number of carbonyl (C=O) groups is 1. The molecule has 76 valence electrons. The first-order valence-electron chi connectivity index (χ1n) is 3.70. The lowest BCUT2D eigenvalue weighted by Gasteiger charge is -1.95. The number of oxime groups is 1. The summed E-state index contributed by atoms with van der Waals surface area (Å²) in [7, 11) is 0. The molecular formula is C7H8ClN3O2S. The predicted octanol–water partition coefficient (Wildman–Crippen LogP) is 0.884. The van der Waals surface area contributed by atoms with Crippen LogP contribution >= 0.6 is 22.9 Å². The van der Waals surface area contributed by atoms with Gasteiger partial charge < -0.3 is 10.6 Å². The van der Waals surface area contributed by atoms with E-state index in [9.17, 15) is 4.79 Å². The summed E-state index contributed by atoms with van der Waals surface area (Å²) in [6, 6.07) is 0. The number of rotatable bonds is 5. The van der Waals surface area contributed by atoms with Gasteiger partial charge >= 0.3 is 0 Å². The van der Waals surface area contributed by atoms with E-state index >= 15 is 0 Å². The molecule has 0 amide bonds.